The Morgan fingerprint density at radius 2 is 0.800 bits per heavy atom. The lowest BCUT2D eigenvalue weighted by Crippen LogP contribution is -2.41. The fourth-order valence-corrected chi connectivity index (χ4v) is 7.36. The van der Waals surface area contributed by atoms with E-state index in [4.69, 9.17) is 33.2 Å². The van der Waals surface area contributed by atoms with Crippen LogP contribution in [0.4, 0.5) is 0 Å². The maximum absolute atomic E-state index is 12.9. The fourth-order valence-electron chi connectivity index (χ4n) is 7.36. The molecule has 11 heteroatoms. The molecule has 0 saturated carbocycles. The van der Waals surface area contributed by atoms with Crippen LogP contribution in [-0.2, 0) is 42.7 Å². The molecule has 60 heavy (non-hydrogen) atoms. The average molecular weight is 857 g/mol. The zero-order chi connectivity index (χ0) is 43.7. The Labute approximate surface area is 369 Å². The van der Waals surface area contributed by atoms with Crippen LogP contribution in [0.25, 0.3) is 0 Å². The molecule has 356 valence electrons. The van der Waals surface area contributed by atoms with Gasteiger partial charge in [0, 0.05) is 52.7 Å². The Hall–Kier alpha value is -1.34. The molecule has 0 aromatic carbocycles. The van der Waals surface area contributed by atoms with Crippen molar-refractivity contribution in [1.82, 2.24) is 9.80 Å². The summed E-state index contributed by atoms with van der Waals surface area (Å²) in [5.41, 5.74) is 0. The number of esters is 2. The zero-order valence-corrected chi connectivity index (χ0v) is 40.0. The van der Waals surface area contributed by atoms with Gasteiger partial charge in [0.25, 0.3) is 0 Å². The number of hydrogen-bond donors (Lipinski definition) is 0. The number of carbonyl (C=O) groups is 2. The summed E-state index contributed by atoms with van der Waals surface area (Å²) in [5, 5.41) is 0. The molecule has 1 aliphatic rings. The third kappa shape index (κ3) is 34.2. The van der Waals surface area contributed by atoms with Gasteiger partial charge in [0.2, 0.25) is 6.29 Å². The fraction of sp³-hybridized carbons (Fsp3) is 0.959. The van der Waals surface area contributed by atoms with E-state index in [1.807, 2.05) is 38.0 Å². The van der Waals surface area contributed by atoms with Crippen molar-refractivity contribution in [3.05, 3.63) is 0 Å². The van der Waals surface area contributed by atoms with E-state index in [1.165, 1.54) is 116 Å². The van der Waals surface area contributed by atoms with Gasteiger partial charge in [-0.3, -0.25) is 9.59 Å². The highest BCUT2D eigenvalue weighted by Crippen LogP contribution is 2.29. The second kappa shape index (κ2) is 41.7. The highest BCUT2D eigenvalue weighted by molar-refractivity contribution is 5.70. The van der Waals surface area contributed by atoms with Gasteiger partial charge >= 0.3 is 11.9 Å². The Kier molecular flexibility index (Phi) is 39.4. The Balaban J connectivity index is 2.54. The molecule has 0 aromatic rings. The molecule has 0 amide bonds. The third-order valence-electron chi connectivity index (χ3n) is 11.2. The molecule has 1 fully saturated rings. The monoisotopic (exact) mass is 857 g/mol. The number of carbonyl (C=O) groups excluding carboxylic acids is 2. The minimum absolute atomic E-state index is 0.0231. The van der Waals surface area contributed by atoms with Gasteiger partial charge in [-0.1, -0.05) is 142 Å². The van der Waals surface area contributed by atoms with E-state index in [9.17, 15) is 9.59 Å². The van der Waals surface area contributed by atoms with Gasteiger partial charge in [-0.2, -0.15) is 0 Å². The summed E-state index contributed by atoms with van der Waals surface area (Å²) in [6.07, 6.45) is 29.4. The minimum Gasteiger partial charge on any atom is -0.463 e. The van der Waals surface area contributed by atoms with Crippen LogP contribution in [0.3, 0.4) is 0 Å². The summed E-state index contributed by atoms with van der Waals surface area (Å²) in [5.74, 6) is -0.637. The van der Waals surface area contributed by atoms with Crippen LogP contribution in [0, 0.1) is 0 Å². The van der Waals surface area contributed by atoms with Gasteiger partial charge in [-0.05, 0) is 66.7 Å². The predicted octanol–water partition coefficient (Wildman–Crippen LogP) is 10.7. The van der Waals surface area contributed by atoms with Crippen molar-refractivity contribution >= 4 is 11.9 Å². The zero-order valence-electron chi connectivity index (χ0n) is 40.0. The van der Waals surface area contributed by atoms with Gasteiger partial charge < -0.3 is 43.0 Å². The molecule has 0 radical (unpaired) electrons. The van der Waals surface area contributed by atoms with Crippen molar-refractivity contribution in [1.29, 1.82) is 0 Å². The van der Waals surface area contributed by atoms with E-state index in [1.54, 1.807) is 0 Å². The molecular formula is C49H96N2O9. The quantitative estimate of drug-likeness (QED) is 0.0432. The van der Waals surface area contributed by atoms with Gasteiger partial charge in [0.1, 0.15) is 24.9 Å². The molecule has 0 bridgehead atoms. The van der Waals surface area contributed by atoms with E-state index in [0.29, 0.717) is 26.3 Å². The predicted molar refractivity (Wildman–Crippen MR) is 245 cm³/mol. The number of unbranched alkanes of at least 4 members (excludes halogenated alkanes) is 22. The Morgan fingerprint density at radius 1 is 0.450 bits per heavy atom. The van der Waals surface area contributed by atoms with E-state index >= 15 is 0 Å². The standard InChI is InChI=1S/C49H96N2O9/c1-7-9-11-13-21-27-37-54-39-29-23-17-15-19-25-31-41-56-47-44(43-58-45(52)33-35-50(3)4)59-49(60-46(53)34-36-51(5)6)48(47)57-42-32-26-20-16-18-24-30-40-55-38-28-22-14-12-10-8-2/h44,47-49H,7-43H2,1-6H3/t44-,47+,48+,49+/m1/s1. The normalized spacial score (nSPS) is 17.9. The molecule has 1 saturated heterocycles. The first-order valence-electron chi connectivity index (χ1n) is 25.0. The molecule has 1 rings (SSSR count). The first-order chi connectivity index (χ1) is 29.3. The summed E-state index contributed by atoms with van der Waals surface area (Å²) in [4.78, 5) is 29.4. The highest BCUT2D eigenvalue weighted by Gasteiger charge is 2.49. The second-order valence-corrected chi connectivity index (χ2v) is 17.7. The van der Waals surface area contributed by atoms with Gasteiger partial charge in [0.15, 0.2) is 0 Å². The maximum Gasteiger partial charge on any atom is 0.309 e. The van der Waals surface area contributed by atoms with Crippen LogP contribution in [0.2, 0.25) is 0 Å². The largest absolute Gasteiger partial charge is 0.463 e. The SMILES string of the molecule is CCCCCCCCOCCCCCCCCCO[C@@H]1[C@H](OC(=O)CCN(C)C)O[C@H](COC(=O)CCN(C)C)[C@@H]1OCCCCCCCCCOCCCCCCCC. The van der Waals surface area contributed by atoms with Crippen molar-refractivity contribution < 1.29 is 42.7 Å². The molecule has 0 unspecified atom stereocenters. The van der Waals surface area contributed by atoms with E-state index in [0.717, 1.165) is 77.8 Å². The molecular weight excluding hydrogens is 761 g/mol. The lowest BCUT2D eigenvalue weighted by Gasteiger charge is -2.25. The van der Waals surface area contributed by atoms with E-state index < -0.39 is 24.6 Å². The number of ether oxygens (including phenoxy) is 7. The summed E-state index contributed by atoms with van der Waals surface area (Å²) in [6, 6.07) is 0. The average Bonchev–Trinajstić information content (AvgIpc) is 3.55. The molecule has 0 spiro atoms. The molecule has 1 heterocycles. The molecule has 4 atom stereocenters. The molecule has 11 nitrogen and oxygen atoms in total. The Bertz CT molecular complexity index is 956. The summed E-state index contributed by atoms with van der Waals surface area (Å²) in [6.45, 7) is 10.3. The molecule has 0 aliphatic carbocycles. The maximum atomic E-state index is 12.9. The number of hydrogen-bond acceptors (Lipinski definition) is 11. The first kappa shape index (κ1) is 56.7. The minimum atomic E-state index is -0.923. The van der Waals surface area contributed by atoms with E-state index in [-0.39, 0.29) is 31.4 Å². The van der Waals surface area contributed by atoms with Crippen LogP contribution in [-0.4, -0.2) is 134 Å². The Morgan fingerprint density at radius 3 is 1.20 bits per heavy atom. The lowest BCUT2D eigenvalue weighted by atomic mass is 10.1. The van der Waals surface area contributed by atoms with Crippen molar-refractivity contribution in [2.75, 3.05) is 87.5 Å². The van der Waals surface area contributed by atoms with Crippen LogP contribution in [0.1, 0.15) is 194 Å². The van der Waals surface area contributed by atoms with E-state index in [2.05, 4.69) is 13.8 Å². The van der Waals surface area contributed by atoms with Crippen LogP contribution < -0.4 is 0 Å². The van der Waals surface area contributed by atoms with Crippen LogP contribution in [0.5, 0.6) is 0 Å². The van der Waals surface area contributed by atoms with Crippen molar-refractivity contribution in [2.45, 2.75) is 218 Å². The number of rotatable bonds is 45. The first-order valence-corrected chi connectivity index (χ1v) is 25.0. The molecule has 1 aliphatic heterocycles. The summed E-state index contributed by atoms with van der Waals surface area (Å²) >= 11 is 0. The van der Waals surface area contributed by atoms with Crippen LogP contribution >= 0.6 is 0 Å². The van der Waals surface area contributed by atoms with Crippen molar-refractivity contribution in [3.8, 4) is 0 Å². The topological polar surface area (TPSA) is 105 Å². The highest BCUT2D eigenvalue weighted by atomic mass is 16.7. The van der Waals surface area contributed by atoms with Gasteiger partial charge in [-0.25, -0.2) is 0 Å². The van der Waals surface area contributed by atoms with Crippen LogP contribution in [0.15, 0.2) is 0 Å². The third-order valence-corrected chi connectivity index (χ3v) is 11.2. The van der Waals surface area contributed by atoms with Crippen molar-refractivity contribution in [3.63, 3.8) is 0 Å². The molecule has 0 aromatic heterocycles. The summed E-state index contributed by atoms with van der Waals surface area (Å²) in [7, 11) is 7.71. The van der Waals surface area contributed by atoms with Gasteiger partial charge in [-0.15, -0.1) is 0 Å². The van der Waals surface area contributed by atoms with Crippen molar-refractivity contribution in [2.24, 2.45) is 0 Å². The van der Waals surface area contributed by atoms with Gasteiger partial charge in [0.05, 0.1) is 12.8 Å². The smallest absolute Gasteiger partial charge is 0.309 e. The second-order valence-electron chi connectivity index (χ2n) is 17.7. The number of nitrogens with zero attached hydrogens (tertiary/aromatic N) is 2. The summed E-state index contributed by atoms with van der Waals surface area (Å²) < 4.78 is 42.5. The lowest BCUT2D eigenvalue weighted by molar-refractivity contribution is -0.197. The molecule has 0 N–H and O–H groups in total.